The van der Waals surface area contributed by atoms with Gasteiger partial charge in [0.1, 0.15) is 12.4 Å². The van der Waals surface area contributed by atoms with Crippen LogP contribution in [0.2, 0.25) is 15.1 Å². The molecule has 3 aromatic rings. The summed E-state index contributed by atoms with van der Waals surface area (Å²) in [5.41, 5.74) is 2.69. The molecule has 0 aliphatic rings. The molecule has 6 heteroatoms. The number of phenols is 1. The Morgan fingerprint density at radius 3 is 2.35 bits per heavy atom. The molecule has 0 radical (unpaired) electrons. The Morgan fingerprint density at radius 1 is 0.885 bits per heavy atom. The maximum Gasteiger partial charge on any atom is 0.152 e. The molecule has 3 rings (SSSR count). The van der Waals surface area contributed by atoms with Crippen molar-refractivity contribution in [2.75, 3.05) is 5.32 Å². The van der Waals surface area contributed by atoms with Gasteiger partial charge in [-0.15, -0.1) is 0 Å². The minimum absolute atomic E-state index is 0.121. The molecule has 0 aliphatic carbocycles. The highest BCUT2D eigenvalue weighted by Gasteiger charge is 2.08. The zero-order valence-electron chi connectivity index (χ0n) is 13.7. The summed E-state index contributed by atoms with van der Waals surface area (Å²) >= 11 is 17.9. The van der Waals surface area contributed by atoms with E-state index in [-0.39, 0.29) is 15.8 Å². The number of aromatic hydroxyl groups is 1. The highest BCUT2D eigenvalue weighted by Crippen LogP contribution is 2.35. The molecule has 2 N–H and O–H groups in total. The van der Waals surface area contributed by atoms with Gasteiger partial charge in [0.05, 0.1) is 10.0 Å². The SMILES string of the molecule is Oc1c(Cl)cc(NCc2ccccc2OCc2cccc(Cl)c2)cc1Cl. The molecular formula is C20H16Cl3NO2. The van der Waals surface area contributed by atoms with Gasteiger partial charge in [-0.3, -0.25) is 0 Å². The van der Waals surface area contributed by atoms with E-state index in [9.17, 15) is 5.11 Å². The fourth-order valence-electron chi connectivity index (χ4n) is 2.44. The van der Waals surface area contributed by atoms with E-state index >= 15 is 0 Å². The highest BCUT2D eigenvalue weighted by atomic mass is 35.5. The van der Waals surface area contributed by atoms with Crippen molar-refractivity contribution in [3.05, 3.63) is 86.9 Å². The van der Waals surface area contributed by atoms with Gasteiger partial charge in [-0.1, -0.05) is 65.1 Å². The molecular weight excluding hydrogens is 393 g/mol. The molecule has 0 aromatic heterocycles. The summed E-state index contributed by atoms with van der Waals surface area (Å²) in [6.45, 7) is 0.942. The van der Waals surface area contributed by atoms with Gasteiger partial charge >= 0.3 is 0 Å². The Morgan fingerprint density at radius 2 is 1.62 bits per heavy atom. The third-order valence-electron chi connectivity index (χ3n) is 3.76. The average molecular weight is 409 g/mol. The smallest absolute Gasteiger partial charge is 0.152 e. The van der Waals surface area contributed by atoms with E-state index in [0.717, 1.165) is 16.9 Å². The van der Waals surface area contributed by atoms with Gasteiger partial charge in [0.15, 0.2) is 5.75 Å². The minimum atomic E-state index is -0.121. The zero-order chi connectivity index (χ0) is 18.5. The molecule has 3 nitrogen and oxygen atoms in total. The molecule has 0 spiro atoms. The monoisotopic (exact) mass is 407 g/mol. The van der Waals surface area contributed by atoms with Gasteiger partial charge < -0.3 is 15.2 Å². The fraction of sp³-hybridized carbons (Fsp3) is 0.100. The van der Waals surface area contributed by atoms with Crippen LogP contribution in [0.3, 0.4) is 0 Å². The Kier molecular flexibility index (Phi) is 6.15. The molecule has 0 fully saturated rings. The maximum absolute atomic E-state index is 9.64. The molecule has 0 aliphatic heterocycles. The van der Waals surface area contributed by atoms with Crippen LogP contribution in [0, 0.1) is 0 Å². The summed E-state index contributed by atoms with van der Waals surface area (Å²) in [6.07, 6.45) is 0. The third-order valence-corrected chi connectivity index (χ3v) is 4.57. The first-order valence-corrected chi connectivity index (χ1v) is 9.03. The first kappa shape index (κ1) is 18.7. The summed E-state index contributed by atoms with van der Waals surface area (Å²) < 4.78 is 5.94. The molecule has 26 heavy (non-hydrogen) atoms. The first-order valence-electron chi connectivity index (χ1n) is 7.90. The van der Waals surface area contributed by atoms with Crippen LogP contribution < -0.4 is 10.1 Å². The highest BCUT2D eigenvalue weighted by molar-refractivity contribution is 6.37. The van der Waals surface area contributed by atoms with Crippen molar-refractivity contribution >= 4 is 40.5 Å². The Hall–Kier alpha value is -2.07. The largest absolute Gasteiger partial charge is 0.505 e. The molecule has 134 valence electrons. The Labute approximate surface area is 167 Å². The van der Waals surface area contributed by atoms with Gasteiger partial charge in [-0.05, 0) is 35.9 Å². The second-order valence-corrected chi connectivity index (χ2v) is 6.92. The number of hydrogen-bond donors (Lipinski definition) is 2. The van der Waals surface area contributed by atoms with E-state index < -0.39 is 0 Å². The van der Waals surface area contributed by atoms with Gasteiger partial charge in [-0.25, -0.2) is 0 Å². The van der Waals surface area contributed by atoms with Crippen molar-refractivity contribution in [3.63, 3.8) is 0 Å². The van der Waals surface area contributed by atoms with Crippen LogP contribution in [-0.4, -0.2) is 5.11 Å². The van der Waals surface area contributed by atoms with Crippen molar-refractivity contribution in [3.8, 4) is 11.5 Å². The van der Waals surface area contributed by atoms with Crippen LogP contribution >= 0.6 is 34.8 Å². The second kappa shape index (κ2) is 8.54. The molecule has 0 unspecified atom stereocenters. The summed E-state index contributed by atoms with van der Waals surface area (Å²) in [6, 6.07) is 18.6. The number of anilines is 1. The Bertz CT molecular complexity index is 892. The predicted molar refractivity (Wildman–Crippen MR) is 108 cm³/mol. The van der Waals surface area contributed by atoms with Crippen LogP contribution in [0.15, 0.2) is 60.7 Å². The molecule has 0 saturated carbocycles. The van der Waals surface area contributed by atoms with Gasteiger partial charge in [0, 0.05) is 22.8 Å². The van der Waals surface area contributed by atoms with Crippen molar-refractivity contribution in [2.45, 2.75) is 13.2 Å². The van der Waals surface area contributed by atoms with Crippen LogP contribution in [0.1, 0.15) is 11.1 Å². The number of nitrogens with one attached hydrogen (secondary N) is 1. The number of ether oxygens (including phenoxy) is 1. The quantitative estimate of drug-likeness (QED) is 0.455. The Balaban J connectivity index is 1.69. The standard InChI is InChI=1S/C20H16Cl3NO2/c21-15-6-3-4-13(8-15)12-26-19-7-2-1-5-14(19)11-24-16-9-17(22)20(25)18(23)10-16/h1-10,24-25H,11-12H2. The minimum Gasteiger partial charge on any atom is -0.505 e. The topological polar surface area (TPSA) is 41.5 Å². The van der Waals surface area contributed by atoms with E-state index in [2.05, 4.69) is 5.32 Å². The zero-order valence-corrected chi connectivity index (χ0v) is 15.9. The summed E-state index contributed by atoms with van der Waals surface area (Å²) in [4.78, 5) is 0. The van der Waals surface area contributed by atoms with Crippen molar-refractivity contribution in [2.24, 2.45) is 0 Å². The van der Waals surface area contributed by atoms with E-state index in [1.54, 1.807) is 12.1 Å². The normalized spacial score (nSPS) is 10.6. The summed E-state index contributed by atoms with van der Waals surface area (Å²) in [5.74, 6) is 0.653. The van der Waals surface area contributed by atoms with E-state index in [1.165, 1.54) is 0 Å². The lowest BCUT2D eigenvalue weighted by molar-refractivity contribution is 0.303. The van der Waals surface area contributed by atoms with Crippen LogP contribution in [0.5, 0.6) is 11.5 Å². The van der Waals surface area contributed by atoms with Crippen LogP contribution in [0.4, 0.5) is 5.69 Å². The van der Waals surface area contributed by atoms with Crippen LogP contribution in [0.25, 0.3) is 0 Å². The lowest BCUT2D eigenvalue weighted by Crippen LogP contribution is -2.03. The third kappa shape index (κ3) is 4.76. The van der Waals surface area contributed by atoms with Gasteiger partial charge in [0.2, 0.25) is 0 Å². The van der Waals surface area contributed by atoms with Crippen molar-refractivity contribution < 1.29 is 9.84 Å². The second-order valence-electron chi connectivity index (χ2n) is 5.67. The molecule has 0 bridgehead atoms. The van der Waals surface area contributed by atoms with Gasteiger partial charge in [0.25, 0.3) is 0 Å². The lowest BCUT2D eigenvalue weighted by Gasteiger charge is -2.14. The lowest BCUT2D eigenvalue weighted by atomic mass is 10.2. The first-order chi connectivity index (χ1) is 12.5. The van der Waals surface area contributed by atoms with Crippen molar-refractivity contribution in [1.82, 2.24) is 0 Å². The molecule has 0 heterocycles. The summed E-state index contributed by atoms with van der Waals surface area (Å²) in [7, 11) is 0. The summed E-state index contributed by atoms with van der Waals surface area (Å²) in [5, 5.41) is 14.0. The number of hydrogen-bond acceptors (Lipinski definition) is 3. The van der Waals surface area contributed by atoms with Crippen molar-refractivity contribution in [1.29, 1.82) is 0 Å². The van der Waals surface area contributed by atoms with E-state index in [4.69, 9.17) is 39.5 Å². The molecule has 3 aromatic carbocycles. The molecule has 0 saturated heterocycles. The number of rotatable bonds is 6. The molecule has 0 atom stereocenters. The number of halogens is 3. The predicted octanol–water partition coefficient (Wildman–Crippen LogP) is 6.54. The molecule has 0 amide bonds. The maximum atomic E-state index is 9.64. The van der Waals surface area contributed by atoms with E-state index in [1.807, 2.05) is 48.5 Å². The average Bonchev–Trinajstić information content (AvgIpc) is 2.63. The number of para-hydroxylation sites is 1. The number of benzene rings is 3. The fourth-order valence-corrected chi connectivity index (χ4v) is 3.14. The van der Waals surface area contributed by atoms with E-state index in [0.29, 0.717) is 23.9 Å². The van der Waals surface area contributed by atoms with Crippen LogP contribution in [-0.2, 0) is 13.2 Å². The number of phenolic OH excluding ortho intramolecular Hbond substituents is 1. The van der Waals surface area contributed by atoms with Gasteiger partial charge in [-0.2, -0.15) is 0 Å².